The Balaban J connectivity index is 1.94. The molecule has 0 unspecified atom stereocenters. The monoisotopic (exact) mass is 393 g/mol. The maximum absolute atomic E-state index is 12.6. The first kappa shape index (κ1) is 18.8. The van der Waals surface area contributed by atoms with Crippen LogP contribution in [0.25, 0.3) is 22.4 Å². The van der Waals surface area contributed by atoms with Gasteiger partial charge in [0.1, 0.15) is 9.71 Å². The zero-order valence-electron chi connectivity index (χ0n) is 14.1. The van der Waals surface area contributed by atoms with Crippen molar-refractivity contribution in [2.24, 2.45) is 0 Å². The Morgan fingerprint density at radius 1 is 1.22 bits per heavy atom. The summed E-state index contributed by atoms with van der Waals surface area (Å²) < 4.78 is 42.9. The molecule has 0 atom stereocenters. The molecule has 5 nitrogen and oxygen atoms in total. The second kappa shape index (κ2) is 7.36. The van der Waals surface area contributed by atoms with E-state index in [1.165, 1.54) is 12.1 Å². The number of aromatic nitrogens is 2. The van der Waals surface area contributed by atoms with Gasteiger partial charge in [0.05, 0.1) is 17.9 Å². The molecule has 3 rings (SSSR count). The summed E-state index contributed by atoms with van der Waals surface area (Å²) in [5.41, 5.74) is 6.02. The SMILES string of the molecule is CCOC(=O)c1cc2c(C=Cc3ccc(C(F)(F)F)cc3)nc(N)nc2s1. The number of hydrogen-bond acceptors (Lipinski definition) is 6. The minimum Gasteiger partial charge on any atom is -0.462 e. The number of anilines is 1. The fourth-order valence-electron chi connectivity index (χ4n) is 2.35. The number of nitrogen functional groups attached to an aromatic ring is 1. The lowest BCUT2D eigenvalue weighted by atomic mass is 10.1. The molecule has 2 heterocycles. The van der Waals surface area contributed by atoms with Crippen LogP contribution in [0.15, 0.2) is 30.3 Å². The molecule has 0 amide bonds. The molecule has 0 fully saturated rings. The van der Waals surface area contributed by atoms with Crippen molar-refractivity contribution in [2.75, 3.05) is 12.3 Å². The van der Waals surface area contributed by atoms with Crippen LogP contribution in [0.2, 0.25) is 0 Å². The molecule has 0 saturated carbocycles. The van der Waals surface area contributed by atoms with Crippen molar-refractivity contribution < 1.29 is 22.7 Å². The van der Waals surface area contributed by atoms with Crippen molar-refractivity contribution >= 4 is 45.6 Å². The average molecular weight is 393 g/mol. The van der Waals surface area contributed by atoms with Gasteiger partial charge in [0, 0.05) is 5.39 Å². The molecule has 2 N–H and O–H groups in total. The molecule has 3 aromatic rings. The Labute approximate surface area is 156 Å². The molecule has 1 aromatic carbocycles. The summed E-state index contributed by atoms with van der Waals surface area (Å²) in [5.74, 6) is -0.427. The van der Waals surface area contributed by atoms with Gasteiger partial charge in [0.2, 0.25) is 5.95 Å². The molecule has 140 valence electrons. The van der Waals surface area contributed by atoms with E-state index < -0.39 is 17.7 Å². The Morgan fingerprint density at radius 3 is 2.56 bits per heavy atom. The number of esters is 1. The number of benzene rings is 1. The molecule has 0 aliphatic carbocycles. The quantitative estimate of drug-likeness (QED) is 0.654. The van der Waals surface area contributed by atoms with Crippen LogP contribution in [0.4, 0.5) is 19.1 Å². The van der Waals surface area contributed by atoms with E-state index in [1.54, 1.807) is 25.1 Å². The van der Waals surface area contributed by atoms with Crippen molar-refractivity contribution in [2.45, 2.75) is 13.1 Å². The molecular formula is C18H14F3N3O2S. The molecule has 0 spiro atoms. The zero-order valence-corrected chi connectivity index (χ0v) is 14.9. The number of hydrogen-bond donors (Lipinski definition) is 1. The lowest BCUT2D eigenvalue weighted by molar-refractivity contribution is -0.137. The molecule has 27 heavy (non-hydrogen) atoms. The average Bonchev–Trinajstić information content (AvgIpc) is 3.03. The fraction of sp³-hybridized carbons (Fsp3) is 0.167. The molecule has 2 aromatic heterocycles. The van der Waals surface area contributed by atoms with Gasteiger partial charge in [-0.1, -0.05) is 18.2 Å². The minimum atomic E-state index is -4.38. The highest BCUT2D eigenvalue weighted by atomic mass is 32.1. The van der Waals surface area contributed by atoms with Gasteiger partial charge in [-0.05, 0) is 36.8 Å². The summed E-state index contributed by atoms with van der Waals surface area (Å²) in [4.78, 5) is 21.1. The van der Waals surface area contributed by atoms with E-state index in [0.717, 1.165) is 23.5 Å². The maximum Gasteiger partial charge on any atom is 0.416 e. The first-order chi connectivity index (χ1) is 12.8. The number of nitrogens with two attached hydrogens (primary N) is 1. The molecular weight excluding hydrogens is 379 g/mol. The minimum absolute atomic E-state index is 0.0341. The Kier molecular flexibility index (Phi) is 5.13. The standard InChI is InChI=1S/C18H14F3N3O2S/c1-2-26-16(25)14-9-12-13(23-17(22)24-15(12)27-14)8-5-10-3-6-11(7-4-10)18(19,20)21/h3-9H,2H2,1H3,(H2,22,23,24). The number of ether oxygens (including phenoxy) is 1. The van der Waals surface area contributed by atoms with Gasteiger partial charge in [-0.2, -0.15) is 13.2 Å². The zero-order chi connectivity index (χ0) is 19.6. The van der Waals surface area contributed by atoms with Crippen LogP contribution in [-0.4, -0.2) is 22.5 Å². The van der Waals surface area contributed by atoms with E-state index >= 15 is 0 Å². The highest BCUT2D eigenvalue weighted by molar-refractivity contribution is 7.20. The first-order valence-electron chi connectivity index (χ1n) is 7.87. The van der Waals surface area contributed by atoms with E-state index in [1.807, 2.05) is 0 Å². The number of alkyl halides is 3. The number of halogens is 3. The van der Waals surface area contributed by atoms with Crippen molar-refractivity contribution in [3.63, 3.8) is 0 Å². The number of nitrogens with zero attached hydrogens (tertiary/aromatic N) is 2. The third-order valence-corrected chi connectivity index (χ3v) is 4.60. The molecule has 0 aliphatic heterocycles. The van der Waals surface area contributed by atoms with Gasteiger partial charge in [-0.15, -0.1) is 11.3 Å². The second-order valence-electron chi connectivity index (χ2n) is 5.47. The Morgan fingerprint density at radius 2 is 1.93 bits per heavy atom. The first-order valence-corrected chi connectivity index (χ1v) is 8.69. The number of carbonyl (C=O) groups excluding carboxylic acids is 1. The predicted octanol–water partition coefficient (Wildman–Crippen LogP) is 4.64. The van der Waals surface area contributed by atoms with Crippen LogP contribution in [0.5, 0.6) is 0 Å². The van der Waals surface area contributed by atoms with Gasteiger partial charge in [-0.3, -0.25) is 0 Å². The second-order valence-corrected chi connectivity index (χ2v) is 6.50. The van der Waals surface area contributed by atoms with Gasteiger partial charge in [0.15, 0.2) is 0 Å². The van der Waals surface area contributed by atoms with E-state index in [4.69, 9.17) is 10.5 Å². The summed E-state index contributed by atoms with van der Waals surface area (Å²) >= 11 is 1.14. The van der Waals surface area contributed by atoms with Crippen molar-refractivity contribution in [3.8, 4) is 0 Å². The van der Waals surface area contributed by atoms with E-state index in [9.17, 15) is 18.0 Å². The number of rotatable bonds is 4. The summed E-state index contributed by atoms with van der Waals surface area (Å²) in [7, 11) is 0. The van der Waals surface area contributed by atoms with E-state index in [0.29, 0.717) is 26.4 Å². The van der Waals surface area contributed by atoms with Crippen LogP contribution in [0, 0.1) is 0 Å². The summed E-state index contributed by atoms with van der Waals surface area (Å²) in [6, 6.07) is 6.35. The normalized spacial score (nSPS) is 12.0. The lowest BCUT2D eigenvalue weighted by Crippen LogP contribution is -2.03. The third-order valence-electron chi connectivity index (χ3n) is 3.59. The predicted molar refractivity (Wildman–Crippen MR) is 98.2 cm³/mol. The molecule has 0 radical (unpaired) electrons. The largest absolute Gasteiger partial charge is 0.462 e. The topological polar surface area (TPSA) is 78.1 Å². The van der Waals surface area contributed by atoms with Gasteiger partial charge < -0.3 is 10.5 Å². The van der Waals surface area contributed by atoms with Crippen LogP contribution in [-0.2, 0) is 10.9 Å². The smallest absolute Gasteiger partial charge is 0.416 e. The molecule has 0 bridgehead atoms. The Hall–Kier alpha value is -2.94. The lowest BCUT2D eigenvalue weighted by Gasteiger charge is -2.05. The summed E-state index contributed by atoms with van der Waals surface area (Å²) in [5, 5.41) is 0.611. The van der Waals surface area contributed by atoms with Crippen LogP contribution in [0.1, 0.15) is 33.4 Å². The number of thiophene rings is 1. The van der Waals surface area contributed by atoms with Crippen LogP contribution >= 0.6 is 11.3 Å². The molecule has 0 aliphatic rings. The maximum atomic E-state index is 12.6. The number of fused-ring (bicyclic) bond motifs is 1. The highest BCUT2D eigenvalue weighted by Crippen LogP contribution is 2.30. The molecule has 9 heteroatoms. The van der Waals surface area contributed by atoms with Gasteiger partial charge in [0.25, 0.3) is 0 Å². The number of carbonyl (C=O) groups is 1. The van der Waals surface area contributed by atoms with Crippen LogP contribution < -0.4 is 5.73 Å². The van der Waals surface area contributed by atoms with Crippen LogP contribution in [0.3, 0.4) is 0 Å². The third kappa shape index (κ3) is 4.25. The fourth-order valence-corrected chi connectivity index (χ4v) is 3.29. The van der Waals surface area contributed by atoms with Gasteiger partial charge >= 0.3 is 12.1 Å². The van der Waals surface area contributed by atoms with Crippen molar-refractivity contribution in [1.29, 1.82) is 0 Å². The van der Waals surface area contributed by atoms with E-state index in [-0.39, 0.29) is 12.6 Å². The molecule has 0 saturated heterocycles. The van der Waals surface area contributed by atoms with E-state index in [2.05, 4.69) is 9.97 Å². The van der Waals surface area contributed by atoms with Gasteiger partial charge in [-0.25, -0.2) is 14.8 Å². The summed E-state index contributed by atoms with van der Waals surface area (Å²) in [6.45, 7) is 1.96. The highest BCUT2D eigenvalue weighted by Gasteiger charge is 2.29. The Bertz CT molecular complexity index is 1010. The van der Waals surface area contributed by atoms with Crippen molar-refractivity contribution in [3.05, 3.63) is 52.0 Å². The van der Waals surface area contributed by atoms with Crippen molar-refractivity contribution in [1.82, 2.24) is 9.97 Å². The summed E-state index contributed by atoms with van der Waals surface area (Å²) in [6.07, 6.45) is -1.15.